The minimum absolute atomic E-state index is 0.251. The first-order chi connectivity index (χ1) is 8.97. The van der Waals surface area contributed by atoms with Crippen LogP contribution in [0, 0.1) is 0 Å². The molecule has 0 aliphatic rings. The molecule has 0 aliphatic heterocycles. The Kier molecular flexibility index (Phi) is 6.62. The Morgan fingerprint density at radius 2 is 2.16 bits per heavy atom. The Hall–Kier alpha value is -0.780. The summed E-state index contributed by atoms with van der Waals surface area (Å²) in [4.78, 5) is 3.69. The van der Waals surface area contributed by atoms with Crippen LogP contribution in [0.15, 0.2) is 23.1 Å². The molecular formula is C14H22N2OS2. The van der Waals surface area contributed by atoms with E-state index in [1.807, 2.05) is 45.4 Å². The van der Waals surface area contributed by atoms with Crippen molar-refractivity contribution in [1.82, 2.24) is 0 Å². The highest BCUT2D eigenvalue weighted by atomic mass is 32.2. The molecule has 0 unspecified atom stereocenters. The third-order valence-corrected chi connectivity index (χ3v) is 3.74. The maximum absolute atomic E-state index is 5.87. The molecule has 106 valence electrons. The van der Waals surface area contributed by atoms with Crippen molar-refractivity contribution in [3.8, 4) is 0 Å². The van der Waals surface area contributed by atoms with Gasteiger partial charge in [-0.3, -0.25) is 0 Å². The topological polar surface area (TPSA) is 38.5 Å². The summed E-state index contributed by atoms with van der Waals surface area (Å²) in [5.41, 5.74) is 7.88. The first-order valence-corrected chi connectivity index (χ1v) is 7.90. The summed E-state index contributed by atoms with van der Waals surface area (Å²) in [5.74, 6) is 0. The number of nitrogens with two attached hydrogens (primary N) is 1. The first kappa shape index (κ1) is 16.3. The van der Waals surface area contributed by atoms with Gasteiger partial charge in [-0.25, -0.2) is 0 Å². The summed E-state index contributed by atoms with van der Waals surface area (Å²) in [5, 5.41) is 0. The summed E-state index contributed by atoms with van der Waals surface area (Å²) in [6, 6.07) is 6.12. The molecule has 2 N–H and O–H groups in total. The zero-order valence-electron chi connectivity index (χ0n) is 12.0. The van der Waals surface area contributed by atoms with Crippen LogP contribution in [0.2, 0.25) is 0 Å². The van der Waals surface area contributed by atoms with Crippen LogP contribution in [0.1, 0.15) is 19.4 Å². The molecule has 0 fully saturated rings. The smallest absolute Gasteiger partial charge is 0.107 e. The van der Waals surface area contributed by atoms with Crippen molar-refractivity contribution in [3.63, 3.8) is 0 Å². The van der Waals surface area contributed by atoms with Gasteiger partial charge in [0.1, 0.15) is 4.99 Å². The summed E-state index contributed by atoms with van der Waals surface area (Å²) in [6.45, 7) is 5.57. The number of thiocarbonyl (C=S) groups is 1. The molecule has 1 aromatic rings. The van der Waals surface area contributed by atoms with Crippen LogP contribution >= 0.6 is 24.0 Å². The van der Waals surface area contributed by atoms with E-state index in [2.05, 4.69) is 4.90 Å². The van der Waals surface area contributed by atoms with Gasteiger partial charge >= 0.3 is 0 Å². The highest BCUT2D eigenvalue weighted by Crippen LogP contribution is 2.29. The van der Waals surface area contributed by atoms with Gasteiger partial charge < -0.3 is 15.4 Å². The second kappa shape index (κ2) is 7.72. The van der Waals surface area contributed by atoms with Gasteiger partial charge in [0.05, 0.1) is 12.7 Å². The minimum Gasteiger partial charge on any atom is -0.389 e. The normalized spacial score (nSPS) is 10.8. The highest BCUT2D eigenvalue weighted by molar-refractivity contribution is 7.98. The van der Waals surface area contributed by atoms with Crippen LogP contribution < -0.4 is 10.6 Å². The molecule has 0 heterocycles. The van der Waals surface area contributed by atoms with Crippen LogP contribution in [0.4, 0.5) is 5.69 Å². The second-order valence-corrected chi connectivity index (χ2v) is 5.85. The Labute approximate surface area is 125 Å². The van der Waals surface area contributed by atoms with Crippen molar-refractivity contribution in [2.75, 3.05) is 31.4 Å². The fraction of sp³-hybridized carbons (Fsp3) is 0.500. The molecule has 1 rings (SSSR count). The standard InChI is InChI=1S/C14H22N2OS2/c1-10(2)17-9-8-16(3)11-6-5-7-12(19-4)13(11)14(15)18/h5-7,10H,8-9H2,1-4H3,(H2,15,18). The number of rotatable bonds is 7. The molecule has 0 saturated carbocycles. The zero-order valence-corrected chi connectivity index (χ0v) is 13.6. The van der Waals surface area contributed by atoms with E-state index in [1.54, 1.807) is 11.8 Å². The third-order valence-electron chi connectivity index (χ3n) is 2.76. The molecule has 5 heteroatoms. The van der Waals surface area contributed by atoms with Gasteiger partial charge in [-0.2, -0.15) is 0 Å². The second-order valence-electron chi connectivity index (χ2n) is 4.56. The fourth-order valence-corrected chi connectivity index (χ4v) is 2.71. The predicted octanol–water partition coefficient (Wildman–Crippen LogP) is 2.90. The van der Waals surface area contributed by atoms with Gasteiger partial charge in [0.25, 0.3) is 0 Å². The van der Waals surface area contributed by atoms with Crippen molar-refractivity contribution in [3.05, 3.63) is 23.8 Å². The van der Waals surface area contributed by atoms with Crippen LogP contribution in [-0.4, -0.2) is 37.5 Å². The Morgan fingerprint density at radius 1 is 1.47 bits per heavy atom. The first-order valence-electron chi connectivity index (χ1n) is 6.27. The Morgan fingerprint density at radius 3 is 2.68 bits per heavy atom. The number of hydrogen-bond donors (Lipinski definition) is 1. The van der Waals surface area contributed by atoms with Crippen LogP contribution in [-0.2, 0) is 4.74 Å². The van der Waals surface area contributed by atoms with Crippen molar-refractivity contribution in [2.45, 2.75) is 24.8 Å². The number of nitrogens with zero attached hydrogens (tertiary/aromatic N) is 1. The van der Waals surface area contributed by atoms with Gasteiger partial charge in [-0.05, 0) is 32.2 Å². The molecule has 3 nitrogen and oxygen atoms in total. The van der Waals surface area contributed by atoms with E-state index in [0.29, 0.717) is 11.6 Å². The number of hydrogen-bond acceptors (Lipinski definition) is 4. The summed E-state index contributed by atoms with van der Waals surface area (Å²) in [7, 11) is 2.03. The van der Waals surface area contributed by atoms with Crippen molar-refractivity contribution in [2.24, 2.45) is 5.73 Å². The van der Waals surface area contributed by atoms with Crippen molar-refractivity contribution >= 4 is 34.7 Å². The number of likely N-dealkylation sites (N-methyl/N-ethyl adjacent to an activating group) is 1. The largest absolute Gasteiger partial charge is 0.389 e. The lowest BCUT2D eigenvalue weighted by Crippen LogP contribution is -2.27. The number of anilines is 1. The van der Waals surface area contributed by atoms with E-state index in [9.17, 15) is 0 Å². The van der Waals surface area contributed by atoms with Crippen molar-refractivity contribution in [1.29, 1.82) is 0 Å². The highest BCUT2D eigenvalue weighted by Gasteiger charge is 2.13. The molecule has 0 bridgehead atoms. The summed E-state index contributed by atoms with van der Waals surface area (Å²) >= 11 is 6.84. The van der Waals surface area contributed by atoms with Gasteiger partial charge in [0.15, 0.2) is 0 Å². The lowest BCUT2D eigenvalue weighted by atomic mass is 10.1. The average Bonchev–Trinajstić information content (AvgIpc) is 2.36. The van der Waals surface area contributed by atoms with Gasteiger partial charge in [-0.1, -0.05) is 18.3 Å². The molecule has 1 aromatic carbocycles. The van der Waals surface area contributed by atoms with E-state index in [4.69, 9.17) is 22.7 Å². The van der Waals surface area contributed by atoms with E-state index >= 15 is 0 Å². The average molecular weight is 298 g/mol. The molecule has 19 heavy (non-hydrogen) atoms. The molecule has 0 radical (unpaired) electrons. The van der Waals surface area contributed by atoms with E-state index in [0.717, 1.165) is 22.7 Å². The number of benzene rings is 1. The lowest BCUT2D eigenvalue weighted by molar-refractivity contribution is 0.0846. The van der Waals surface area contributed by atoms with E-state index in [-0.39, 0.29) is 6.10 Å². The van der Waals surface area contributed by atoms with Crippen LogP contribution in [0.5, 0.6) is 0 Å². The maximum atomic E-state index is 5.87. The molecular weight excluding hydrogens is 276 g/mol. The molecule has 0 spiro atoms. The Bertz CT molecular complexity index is 435. The molecule has 0 aliphatic carbocycles. The lowest BCUT2D eigenvalue weighted by Gasteiger charge is -2.24. The zero-order chi connectivity index (χ0) is 14.4. The Balaban J connectivity index is 2.89. The molecule has 0 amide bonds. The minimum atomic E-state index is 0.251. The third kappa shape index (κ3) is 4.67. The number of thioether (sulfide) groups is 1. The summed E-state index contributed by atoms with van der Waals surface area (Å²) < 4.78 is 5.58. The SMILES string of the molecule is CSc1cccc(N(C)CCOC(C)C)c1C(N)=S. The van der Waals surface area contributed by atoms with Gasteiger partial charge in [-0.15, -0.1) is 11.8 Å². The number of ether oxygens (including phenoxy) is 1. The van der Waals surface area contributed by atoms with E-state index < -0.39 is 0 Å². The quantitative estimate of drug-likeness (QED) is 0.619. The van der Waals surface area contributed by atoms with E-state index in [1.165, 1.54) is 0 Å². The van der Waals surface area contributed by atoms with Gasteiger partial charge in [0, 0.05) is 29.7 Å². The predicted molar refractivity (Wildman–Crippen MR) is 88.5 cm³/mol. The molecule has 0 saturated heterocycles. The monoisotopic (exact) mass is 298 g/mol. The molecule has 0 aromatic heterocycles. The van der Waals surface area contributed by atoms with Crippen LogP contribution in [0.3, 0.4) is 0 Å². The maximum Gasteiger partial charge on any atom is 0.107 e. The van der Waals surface area contributed by atoms with Gasteiger partial charge in [0.2, 0.25) is 0 Å². The van der Waals surface area contributed by atoms with Crippen LogP contribution in [0.25, 0.3) is 0 Å². The molecule has 0 atom stereocenters. The fourth-order valence-electron chi connectivity index (χ4n) is 1.80. The van der Waals surface area contributed by atoms with Crippen molar-refractivity contribution < 1.29 is 4.74 Å². The summed E-state index contributed by atoms with van der Waals surface area (Å²) in [6.07, 6.45) is 2.28.